The van der Waals surface area contributed by atoms with Gasteiger partial charge in [-0.2, -0.15) is 0 Å². The predicted molar refractivity (Wildman–Crippen MR) is 287 cm³/mol. The highest BCUT2D eigenvalue weighted by atomic mass is 35.5. The molecule has 13 N–H and O–H groups in total. The van der Waals surface area contributed by atoms with Crippen LogP contribution < -0.4 is 53.6 Å². The number of halogens is 1. The predicted octanol–water partition coefficient (Wildman–Crippen LogP) is -2.44. The Kier molecular flexibility index (Phi) is 28.9. The van der Waals surface area contributed by atoms with Gasteiger partial charge in [-0.05, 0) is 58.4 Å². The van der Waals surface area contributed by atoms with E-state index in [-0.39, 0.29) is 31.6 Å². The monoisotopic (exact) mass is 1140 g/mol. The smallest absolute Gasteiger partial charge is 0.328 e. The lowest BCUT2D eigenvalue weighted by Gasteiger charge is -2.33. The lowest BCUT2D eigenvalue weighted by Crippen LogP contribution is -2.63. The van der Waals surface area contributed by atoms with Crippen LogP contribution in [0.1, 0.15) is 113 Å². The minimum Gasteiger partial charge on any atom is -0.459 e. The van der Waals surface area contributed by atoms with E-state index in [4.69, 9.17) is 22.1 Å². The van der Waals surface area contributed by atoms with Crippen LogP contribution in [0.2, 0.25) is 0 Å². The number of cyclic esters (lactones) is 1. The molecule has 0 aliphatic carbocycles. The van der Waals surface area contributed by atoms with E-state index in [9.17, 15) is 67.7 Å². The van der Waals surface area contributed by atoms with Crippen molar-refractivity contribution in [1.82, 2.24) is 52.8 Å². The minimum atomic E-state index is -1.85. The normalized spacial score (nSPS) is 26.9. The van der Waals surface area contributed by atoms with Gasteiger partial charge in [0.25, 0.3) is 0 Å². The molecule has 0 aromatic heterocycles. The van der Waals surface area contributed by atoms with Crippen molar-refractivity contribution in [3.8, 4) is 0 Å². The number of ether oxygens (including phenoxy) is 1. The number of benzene rings is 1. The van der Waals surface area contributed by atoms with Crippen molar-refractivity contribution in [2.24, 2.45) is 17.6 Å². The molecule has 11 amide bonds. The van der Waals surface area contributed by atoms with Gasteiger partial charge in [0, 0.05) is 24.8 Å². The van der Waals surface area contributed by atoms with Gasteiger partial charge in [-0.3, -0.25) is 52.7 Å². The van der Waals surface area contributed by atoms with Crippen molar-refractivity contribution in [2.75, 3.05) is 13.6 Å². The minimum absolute atomic E-state index is 0.0104. The van der Waals surface area contributed by atoms with Crippen molar-refractivity contribution in [2.45, 2.75) is 192 Å². The van der Waals surface area contributed by atoms with Crippen molar-refractivity contribution in [3.63, 3.8) is 0 Å². The summed E-state index contributed by atoms with van der Waals surface area (Å²) >= 11 is 6.46. The molecule has 1 heterocycles. The Bertz CT molecular complexity index is 2280. The summed E-state index contributed by atoms with van der Waals surface area (Å²) in [7, 11) is 1.28. The fourth-order valence-corrected chi connectivity index (χ4v) is 8.67. The van der Waals surface area contributed by atoms with Gasteiger partial charge in [-0.1, -0.05) is 77.8 Å². The number of amides is 11. The zero-order valence-corrected chi connectivity index (χ0v) is 47.3. The summed E-state index contributed by atoms with van der Waals surface area (Å²) in [4.78, 5) is 164. The van der Waals surface area contributed by atoms with E-state index >= 15 is 0 Å². The number of nitrogens with one attached hydrogen (secondary N) is 9. The molecule has 1 saturated heterocycles. The average molecular weight is 1140 g/mol. The Morgan fingerprint density at radius 3 is 1.95 bits per heavy atom. The first kappa shape index (κ1) is 68.2. The fraction of sp³-hybridized carbons (Fsp3) is 0.654. The van der Waals surface area contributed by atoms with E-state index < -0.39 is 168 Å². The van der Waals surface area contributed by atoms with Gasteiger partial charge in [-0.25, -0.2) is 4.79 Å². The van der Waals surface area contributed by atoms with Crippen molar-refractivity contribution in [1.29, 1.82) is 0 Å². The summed E-state index contributed by atoms with van der Waals surface area (Å²) < 4.78 is 5.73. The number of carbonyl (C=O) groups excluding carboxylic acids is 12. The second kappa shape index (κ2) is 33.5. The molecule has 14 atom stereocenters. The van der Waals surface area contributed by atoms with Gasteiger partial charge in [0.05, 0.1) is 37.6 Å². The number of alkyl halides is 1. The topological polar surface area (TPSA) is 392 Å². The molecule has 0 unspecified atom stereocenters. The van der Waals surface area contributed by atoms with Crippen LogP contribution in [-0.2, 0) is 68.7 Å². The maximum absolute atomic E-state index is 14.2. The van der Waals surface area contributed by atoms with Crippen LogP contribution in [0.25, 0.3) is 0 Å². The molecular weight excluding hydrogens is 1050 g/mol. The first-order valence-corrected chi connectivity index (χ1v) is 26.9. The number of aliphatic hydroxyl groups excluding tert-OH is 2. The Hall–Kier alpha value is -6.93. The van der Waals surface area contributed by atoms with Crippen LogP contribution in [0.5, 0.6) is 0 Å². The molecule has 0 spiro atoms. The number of rotatable bonds is 17. The third-order valence-corrected chi connectivity index (χ3v) is 13.5. The molecule has 1 aliphatic heterocycles. The van der Waals surface area contributed by atoms with Crippen LogP contribution >= 0.6 is 11.6 Å². The Morgan fingerprint density at radius 1 is 0.797 bits per heavy atom. The van der Waals surface area contributed by atoms with E-state index in [1.165, 1.54) is 34.7 Å². The molecule has 1 fully saturated rings. The molecule has 442 valence electrons. The molecule has 26 nitrogen and oxygen atoms in total. The lowest BCUT2D eigenvalue weighted by molar-refractivity contribution is -0.156. The molecular formula is C52H82ClN11O15. The molecule has 79 heavy (non-hydrogen) atoms. The van der Waals surface area contributed by atoms with E-state index in [0.717, 1.165) is 11.8 Å². The summed E-state index contributed by atoms with van der Waals surface area (Å²) in [5.41, 5.74) is 6.02. The standard InChI is InChI=1S/C52H82ClN11O15/c1-11-16-33-52(78)79-31(9)44(63-46(72)34(56-25-65)20-26(3)4)38(67)23-40(69)57-29(7)51(77)64(10)37(17-12-2)48(74)61-42(27(5)28(6)53)49(75)60-36(22-39(54)68)47(73)62-43(30(8)66)50(76)59-35(21-32-18-14-13-15-19-32)45(71)55-24-41(70)58-33/h13-15,18-19,25-31,33-38,42-44,66-67H,11-12,16-17,20-24H2,1-10H3,(H2,54,68)(H,55,71)(H,56,65)(H,57,69)(H,58,70)(H,59,76)(H,60,75)(H,61,74)(H,62,73)(H,63,72)/t27-,28+,29-,30-,31-,33-,34-,35+,36+,37-,38+,42-,43-,44-/m1/s1. The molecule has 2 rings (SSSR count). The highest BCUT2D eigenvalue weighted by Crippen LogP contribution is 2.18. The number of primary amides is 1. The molecule has 1 aliphatic rings. The number of carbonyl (C=O) groups is 12. The Balaban J connectivity index is 2.79. The third kappa shape index (κ3) is 22.4. The molecule has 27 heteroatoms. The molecule has 1 aromatic carbocycles. The number of aliphatic hydroxyl groups is 2. The van der Waals surface area contributed by atoms with Gasteiger partial charge in [-0.15, -0.1) is 11.6 Å². The van der Waals surface area contributed by atoms with Gasteiger partial charge in [0.2, 0.25) is 65.5 Å². The maximum Gasteiger partial charge on any atom is 0.328 e. The number of esters is 1. The van der Waals surface area contributed by atoms with Gasteiger partial charge >= 0.3 is 5.97 Å². The number of likely N-dealkylation sites (N-methyl/N-ethyl adjacent to an activating group) is 1. The summed E-state index contributed by atoms with van der Waals surface area (Å²) in [5.74, 6) is -11.7. The van der Waals surface area contributed by atoms with E-state index in [2.05, 4.69) is 47.9 Å². The molecule has 0 saturated carbocycles. The highest BCUT2D eigenvalue weighted by molar-refractivity contribution is 6.20. The van der Waals surface area contributed by atoms with Crippen LogP contribution in [-0.4, -0.2) is 178 Å². The quantitative estimate of drug-likeness (QED) is 0.0438. The maximum atomic E-state index is 14.2. The summed E-state index contributed by atoms with van der Waals surface area (Å²) in [5, 5.41) is 43.8. The zero-order valence-electron chi connectivity index (χ0n) is 46.6. The second-order valence-electron chi connectivity index (χ2n) is 20.3. The number of nitrogens with two attached hydrogens (primary N) is 1. The van der Waals surface area contributed by atoms with Crippen molar-refractivity contribution >= 4 is 83.1 Å². The van der Waals surface area contributed by atoms with Crippen LogP contribution in [0.4, 0.5) is 0 Å². The van der Waals surface area contributed by atoms with E-state index in [1.807, 2.05) is 0 Å². The molecule has 1 aromatic rings. The lowest BCUT2D eigenvalue weighted by atomic mass is 9.96. The molecule has 0 bridgehead atoms. The van der Waals surface area contributed by atoms with Gasteiger partial charge in [0.15, 0.2) is 0 Å². The van der Waals surface area contributed by atoms with Crippen LogP contribution in [0.3, 0.4) is 0 Å². The Labute approximate surface area is 465 Å². The highest BCUT2D eigenvalue weighted by Gasteiger charge is 2.40. The first-order chi connectivity index (χ1) is 37.1. The van der Waals surface area contributed by atoms with E-state index in [0.29, 0.717) is 24.8 Å². The number of nitrogens with zero attached hydrogens (tertiary/aromatic N) is 1. The number of hydrogen-bond acceptors (Lipinski definition) is 15. The summed E-state index contributed by atoms with van der Waals surface area (Å²) in [6, 6.07) is -5.15. The van der Waals surface area contributed by atoms with Crippen molar-refractivity contribution in [3.05, 3.63) is 35.9 Å². The summed E-state index contributed by atoms with van der Waals surface area (Å²) in [6.45, 7) is 13.0. The zero-order chi connectivity index (χ0) is 59.8. The van der Waals surface area contributed by atoms with Gasteiger partial charge in [0.1, 0.15) is 54.4 Å². The second-order valence-corrected chi connectivity index (χ2v) is 21.0. The van der Waals surface area contributed by atoms with Crippen LogP contribution in [0.15, 0.2) is 30.3 Å². The number of hydrogen-bond donors (Lipinski definition) is 12. The largest absolute Gasteiger partial charge is 0.459 e. The Morgan fingerprint density at radius 2 is 1.39 bits per heavy atom. The van der Waals surface area contributed by atoms with Gasteiger partial charge < -0.3 is 73.4 Å². The van der Waals surface area contributed by atoms with Crippen molar-refractivity contribution < 1.29 is 72.5 Å². The third-order valence-electron chi connectivity index (χ3n) is 13.1. The molecule has 0 radical (unpaired) electrons. The average Bonchev–Trinajstić information content (AvgIpc) is 3.37. The fourth-order valence-electron chi connectivity index (χ4n) is 8.52. The van der Waals surface area contributed by atoms with Crippen LogP contribution in [0, 0.1) is 11.8 Å². The first-order valence-electron chi connectivity index (χ1n) is 26.4. The summed E-state index contributed by atoms with van der Waals surface area (Å²) in [6.07, 6.45) is -5.70. The van der Waals surface area contributed by atoms with E-state index in [1.54, 1.807) is 58.0 Å². The SMILES string of the molecule is CCC[C@@H]1C(=O)N[C@H]([C@H](C)[C@H](C)Cl)C(=O)N[C@@H](CC(N)=O)C(=O)N[C@H]([C@@H](C)O)C(=O)N[C@@H](Cc2ccccc2)C(=O)NCC(=O)N[C@H](CCC)C(=O)O[C@H](C)[C@@H](NC(=O)[C@@H](CC(C)C)NC=O)[C@@H](O)CC(=O)N[C@H](C)C(=O)N1C.